The van der Waals surface area contributed by atoms with E-state index in [0.717, 1.165) is 23.9 Å². The van der Waals surface area contributed by atoms with Crippen molar-refractivity contribution in [2.45, 2.75) is 32.2 Å². The van der Waals surface area contributed by atoms with Gasteiger partial charge in [-0.05, 0) is 43.5 Å². The number of halogens is 2. The molecule has 0 unspecified atom stereocenters. The molecule has 0 aromatic heterocycles. The van der Waals surface area contributed by atoms with Crippen molar-refractivity contribution in [1.82, 2.24) is 5.32 Å². The first-order valence-corrected chi connectivity index (χ1v) is 7.11. The summed E-state index contributed by atoms with van der Waals surface area (Å²) in [7, 11) is 0. The van der Waals surface area contributed by atoms with Crippen LogP contribution in [0.15, 0.2) is 22.7 Å². The maximum atomic E-state index is 13.5. The third-order valence-corrected chi connectivity index (χ3v) is 3.91. The Bertz CT molecular complexity index is 426. The molecule has 1 aliphatic carbocycles. The molecule has 0 bridgehead atoms. The number of benzene rings is 1. The minimum Gasteiger partial charge on any atom is -0.312 e. The normalized spacial score (nSPS) is 17.1. The molecule has 0 heterocycles. The summed E-state index contributed by atoms with van der Waals surface area (Å²) in [4.78, 5) is 11.1. The third kappa shape index (κ3) is 3.89. The van der Waals surface area contributed by atoms with Gasteiger partial charge in [0, 0.05) is 29.4 Å². The maximum absolute atomic E-state index is 13.5. The molecule has 18 heavy (non-hydrogen) atoms. The van der Waals surface area contributed by atoms with Gasteiger partial charge in [0.25, 0.3) is 0 Å². The van der Waals surface area contributed by atoms with Crippen molar-refractivity contribution >= 4 is 21.7 Å². The Balaban J connectivity index is 1.78. The van der Waals surface area contributed by atoms with E-state index in [1.165, 1.54) is 6.07 Å². The lowest BCUT2D eigenvalue weighted by atomic mass is 9.88. The molecule has 1 aromatic carbocycles. The van der Waals surface area contributed by atoms with Crippen LogP contribution in [-0.4, -0.2) is 12.3 Å². The van der Waals surface area contributed by atoms with Crippen LogP contribution < -0.4 is 5.32 Å². The van der Waals surface area contributed by atoms with Crippen LogP contribution in [0.2, 0.25) is 0 Å². The second kappa shape index (κ2) is 6.43. The second-order valence-electron chi connectivity index (χ2n) is 4.85. The van der Waals surface area contributed by atoms with E-state index in [9.17, 15) is 9.18 Å². The van der Waals surface area contributed by atoms with Crippen molar-refractivity contribution in [1.29, 1.82) is 0 Å². The Morgan fingerprint density at radius 1 is 1.33 bits per heavy atom. The van der Waals surface area contributed by atoms with Gasteiger partial charge in [0.1, 0.15) is 11.6 Å². The molecule has 0 saturated heterocycles. The quantitative estimate of drug-likeness (QED) is 0.922. The van der Waals surface area contributed by atoms with Crippen LogP contribution in [0.3, 0.4) is 0 Å². The van der Waals surface area contributed by atoms with Crippen LogP contribution in [-0.2, 0) is 11.3 Å². The summed E-state index contributed by atoms with van der Waals surface area (Å²) in [5.74, 6) is 0.756. The van der Waals surface area contributed by atoms with Crippen LogP contribution in [0.25, 0.3) is 0 Å². The zero-order chi connectivity index (χ0) is 13.0. The van der Waals surface area contributed by atoms with Crippen LogP contribution in [0, 0.1) is 11.7 Å². The molecule has 1 saturated carbocycles. The molecule has 0 atom stereocenters. The predicted molar refractivity (Wildman–Crippen MR) is 72.8 cm³/mol. The van der Waals surface area contributed by atoms with E-state index in [1.807, 2.05) is 0 Å². The number of rotatable bonds is 4. The maximum Gasteiger partial charge on any atom is 0.132 e. The van der Waals surface area contributed by atoms with Gasteiger partial charge in [-0.1, -0.05) is 15.9 Å². The Kier molecular flexibility index (Phi) is 4.89. The molecule has 0 amide bonds. The summed E-state index contributed by atoms with van der Waals surface area (Å²) in [6.07, 6.45) is 3.34. The lowest BCUT2D eigenvalue weighted by Crippen LogP contribution is -2.26. The minimum atomic E-state index is -0.176. The van der Waals surface area contributed by atoms with Gasteiger partial charge in [0.05, 0.1) is 0 Å². The van der Waals surface area contributed by atoms with Gasteiger partial charge in [-0.2, -0.15) is 0 Å². The van der Waals surface area contributed by atoms with Gasteiger partial charge in [0.2, 0.25) is 0 Å². The van der Waals surface area contributed by atoms with E-state index in [4.69, 9.17) is 0 Å². The third-order valence-electron chi connectivity index (χ3n) is 3.42. The number of Topliss-reactive ketones (excluding diaryl/α,β-unsaturated/α-hetero) is 1. The Morgan fingerprint density at radius 2 is 2.06 bits per heavy atom. The van der Waals surface area contributed by atoms with Crippen LogP contribution in [0.5, 0.6) is 0 Å². The van der Waals surface area contributed by atoms with Crippen molar-refractivity contribution < 1.29 is 9.18 Å². The van der Waals surface area contributed by atoms with E-state index < -0.39 is 0 Å². The van der Waals surface area contributed by atoms with Crippen molar-refractivity contribution in [3.8, 4) is 0 Å². The zero-order valence-electron chi connectivity index (χ0n) is 10.2. The number of carbonyl (C=O) groups excluding carboxylic acids is 1. The van der Waals surface area contributed by atoms with Gasteiger partial charge in [-0.25, -0.2) is 4.39 Å². The highest BCUT2D eigenvalue weighted by molar-refractivity contribution is 9.10. The topological polar surface area (TPSA) is 29.1 Å². The first-order chi connectivity index (χ1) is 8.65. The molecule has 1 aliphatic rings. The summed E-state index contributed by atoms with van der Waals surface area (Å²) in [6, 6.07) is 4.97. The standard InChI is InChI=1S/C14H17BrFNO/c15-12-3-6-14(16)11(7-12)9-17-8-10-1-4-13(18)5-2-10/h3,6-7,10,17H,1-2,4-5,8-9H2. The largest absolute Gasteiger partial charge is 0.312 e. The van der Waals surface area contributed by atoms with E-state index in [-0.39, 0.29) is 5.82 Å². The highest BCUT2D eigenvalue weighted by atomic mass is 79.9. The molecule has 1 aromatic rings. The van der Waals surface area contributed by atoms with Crippen LogP contribution in [0.4, 0.5) is 4.39 Å². The molecule has 0 radical (unpaired) electrons. The lowest BCUT2D eigenvalue weighted by molar-refractivity contribution is -0.120. The van der Waals surface area contributed by atoms with E-state index in [0.29, 0.717) is 36.7 Å². The van der Waals surface area contributed by atoms with Gasteiger partial charge < -0.3 is 5.32 Å². The van der Waals surface area contributed by atoms with Crippen LogP contribution >= 0.6 is 15.9 Å². The van der Waals surface area contributed by atoms with Crippen molar-refractivity contribution in [3.05, 3.63) is 34.1 Å². The molecule has 0 spiro atoms. The molecule has 1 fully saturated rings. The Morgan fingerprint density at radius 3 is 2.78 bits per heavy atom. The fraction of sp³-hybridized carbons (Fsp3) is 0.500. The molecule has 2 rings (SSSR count). The molecule has 98 valence electrons. The highest BCUT2D eigenvalue weighted by Gasteiger charge is 2.18. The Labute approximate surface area is 115 Å². The van der Waals surface area contributed by atoms with E-state index in [2.05, 4.69) is 21.2 Å². The summed E-state index contributed by atoms with van der Waals surface area (Å²) >= 11 is 3.34. The summed E-state index contributed by atoms with van der Waals surface area (Å²) in [6.45, 7) is 1.40. The smallest absolute Gasteiger partial charge is 0.132 e. The van der Waals surface area contributed by atoms with Gasteiger partial charge >= 0.3 is 0 Å². The highest BCUT2D eigenvalue weighted by Crippen LogP contribution is 2.21. The average Bonchev–Trinajstić information content (AvgIpc) is 2.36. The number of hydrogen-bond acceptors (Lipinski definition) is 2. The van der Waals surface area contributed by atoms with Gasteiger partial charge in [-0.15, -0.1) is 0 Å². The minimum absolute atomic E-state index is 0.176. The first-order valence-electron chi connectivity index (χ1n) is 6.31. The zero-order valence-corrected chi connectivity index (χ0v) is 11.8. The molecular weight excluding hydrogens is 297 g/mol. The molecular formula is C14H17BrFNO. The summed E-state index contributed by atoms with van der Waals surface area (Å²) < 4.78 is 14.4. The van der Waals surface area contributed by atoms with Crippen molar-refractivity contribution in [2.75, 3.05) is 6.54 Å². The lowest BCUT2D eigenvalue weighted by Gasteiger charge is -2.21. The van der Waals surface area contributed by atoms with E-state index in [1.54, 1.807) is 12.1 Å². The van der Waals surface area contributed by atoms with Gasteiger partial charge in [0.15, 0.2) is 0 Å². The predicted octanol–water partition coefficient (Wildman–Crippen LogP) is 3.44. The Hall–Kier alpha value is -0.740. The molecule has 2 nitrogen and oxygen atoms in total. The molecule has 1 N–H and O–H groups in total. The summed E-state index contributed by atoms with van der Waals surface area (Å²) in [5, 5.41) is 3.28. The SMILES string of the molecule is O=C1CCC(CNCc2cc(Br)ccc2F)CC1. The monoisotopic (exact) mass is 313 g/mol. The fourth-order valence-corrected chi connectivity index (χ4v) is 2.70. The number of carbonyl (C=O) groups is 1. The number of nitrogens with one attached hydrogen (secondary N) is 1. The van der Waals surface area contributed by atoms with Gasteiger partial charge in [-0.3, -0.25) is 4.79 Å². The van der Waals surface area contributed by atoms with Crippen molar-refractivity contribution in [3.63, 3.8) is 0 Å². The summed E-state index contributed by atoms with van der Waals surface area (Å²) in [5.41, 5.74) is 0.677. The second-order valence-corrected chi connectivity index (χ2v) is 5.76. The average molecular weight is 314 g/mol. The fourth-order valence-electron chi connectivity index (χ4n) is 2.29. The number of hydrogen-bond donors (Lipinski definition) is 1. The molecule has 0 aliphatic heterocycles. The first kappa shape index (κ1) is 13.7. The number of ketones is 1. The van der Waals surface area contributed by atoms with Crippen LogP contribution in [0.1, 0.15) is 31.2 Å². The molecule has 4 heteroatoms. The van der Waals surface area contributed by atoms with Crippen molar-refractivity contribution in [2.24, 2.45) is 5.92 Å². The van der Waals surface area contributed by atoms with E-state index >= 15 is 0 Å².